The molecule has 0 amide bonds. The lowest BCUT2D eigenvalue weighted by molar-refractivity contribution is 0.0901. The molecule has 0 aliphatic heterocycles. The van der Waals surface area contributed by atoms with Crippen LogP contribution in [0.25, 0.3) is 0 Å². The Kier molecular flexibility index (Phi) is 4.99. The van der Waals surface area contributed by atoms with E-state index in [1.807, 2.05) is 0 Å². The van der Waals surface area contributed by atoms with Crippen molar-refractivity contribution in [1.29, 1.82) is 0 Å². The molecule has 2 unspecified atom stereocenters. The molecule has 0 saturated heterocycles. The number of hydrogen-bond donors (Lipinski definition) is 1. The van der Waals surface area contributed by atoms with E-state index >= 15 is 0 Å². The number of nitrogens with zero attached hydrogens (tertiary/aromatic N) is 1. The lowest BCUT2D eigenvalue weighted by atomic mass is 9.84. The Morgan fingerprint density at radius 1 is 1.40 bits per heavy atom. The van der Waals surface area contributed by atoms with Crippen molar-refractivity contribution in [2.75, 3.05) is 0 Å². The first-order chi connectivity index (χ1) is 9.65. The van der Waals surface area contributed by atoms with Gasteiger partial charge in [0.05, 0.1) is 5.71 Å². The van der Waals surface area contributed by atoms with E-state index in [0.717, 1.165) is 12.8 Å². The highest BCUT2D eigenvalue weighted by Crippen LogP contribution is 2.32. The van der Waals surface area contributed by atoms with Gasteiger partial charge < -0.3 is 9.94 Å². The van der Waals surface area contributed by atoms with Crippen LogP contribution in [0.5, 0.6) is 5.75 Å². The van der Waals surface area contributed by atoms with Crippen molar-refractivity contribution in [3.05, 3.63) is 29.6 Å². The molecule has 1 aromatic rings. The Labute approximate surface area is 119 Å². The van der Waals surface area contributed by atoms with Gasteiger partial charge in [-0.2, -0.15) is 0 Å². The predicted molar refractivity (Wildman–Crippen MR) is 77.1 cm³/mol. The minimum atomic E-state index is -0.356. The fraction of sp³-hybridized carbons (Fsp3) is 0.562. The smallest absolute Gasteiger partial charge is 0.129 e. The third kappa shape index (κ3) is 3.30. The summed E-state index contributed by atoms with van der Waals surface area (Å²) in [7, 11) is 0. The first kappa shape index (κ1) is 14.8. The van der Waals surface area contributed by atoms with E-state index in [2.05, 4.69) is 12.1 Å². The number of oxime groups is 1. The Hall–Kier alpha value is -1.58. The van der Waals surface area contributed by atoms with E-state index in [1.165, 1.54) is 31.4 Å². The topological polar surface area (TPSA) is 41.8 Å². The van der Waals surface area contributed by atoms with Gasteiger partial charge in [0.25, 0.3) is 0 Å². The Bertz CT molecular complexity index is 487. The summed E-state index contributed by atoms with van der Waals surface area (Å²) in [6, 6.07) is 4.36. The van der Waals surface area contributed by atoms with E-state index in [0.29, 0.717) is 22.9 Å². The first-order valence-corrected chi connectivity index (χ1v) is 7.31. The van der Waals surface area contributed by atoms with Crippen molar-refractivity contribution < 1.29 is 14.3 Å². The summed E-state index contributed by atoms with van der Waals surface area (Å²) in [6.07, 6.45) is 5.91. The fourth-order valence-corrected chi connectivity index (χ4v) is 2.90. The second-order valence-electron chi connectivity index (χ2n) is 5.43. The molecule has 0 spiro atoms. The molecular formula is C16H22FNO2. The van der Waals surface area contributed by atoms with Crippen LogP contribution in [0.4, 0.5) is 4.39 Å². The van der Waals surface area contributed by atoms with Crippen LogP contribution in [0.2, 0.25) is 0 Å². The van der Waals surface area contributed by atoms with Crippen LogP contribution in [-0.4, -0.2) is 17.0 Å². The lowest BCUT2D eigenvalue weighted by Gasteiger charge is -2.31. The van der Waals surface area contributed by atoms with E-state index in [1.54, 1.807) is 13.0 Å². The summed E-state index contributed by atoms with van der Waals surface area (Å²) in [6.45, 7) is 3.82. The van der Waals surface area contributed by atoms with Crippen molar-refractivity contribution in [3.8, 4) is 5.75 Å². The molecule has 0 bridgehead atoms. The molecule has 0 radical (unpaired) electrons. The van der Waals surface area contributed by atoms with Crippen LogP contribution >= 0.6 is 0 Å². The van der Waals surface area contributed by atoms with Gasteiger partial charge in [0.1, 0.15) is 17.7 Å². The fourth-order valence-electron chi connectivity index (χ4n) is 2.90. The second-order valence-corrected chi connectivity index (χ2v) is 5.43. The Morgan fingerprint density at radius 2 is 2.15 bits per heavy atom. The molecule has 1 fully saturated rings. The molecule has 20 heavy (non-hydrogen) atoms. The van der Waals surface area contributed by atoms with Gasteiger partial charge in [0, 0.05) is 5.56 Å². The highest BCUT2D eigenvalue weighted by Gasteiger charge is 2.26. The number of halogens is 1. The highest BCUT2D eigenvalue weighted by atomic mass is 19.1. The molecule has 0 aromatic heterocycles. The third-order valence-electron chi connectivity index (χ3n) is 4.12. The minimum absolute atomic E-state index is 0.171. The van der Waals surface area contributed by atoms with Gasteiger partial charge in [-0.05, 0) is 56.7 Å². The average Bonchev–Trinajstić information content (AvgIpc) is 2.48. The number of rotatable bonds is 4. The summed E-state index contributed by atoms with van der Waals surface area (Å²) in [5, 5.41) is 12.1. The molecule has 2 rings (SSSR count). The van der Waals surface area contributed by atoms with Crippen LogP contribution in [0.15, 0.2) is 23.4 Å². The minimum Gasteiger partial charge on any atom is -0.489 e. The Balaban J connectivity index is 2.24. The summed E-state index contributed by atoms with van der Waals surface area (Å²) in [5.41, 5.74) is 0.885. The zero-order chi connectivity index (χ0) is 14.5. The molecule has 3 nitrogen and oxygen atoms in total. The van der Waals surface area contributed by atoms with Crippen LogP contribution in [0.1, 0.15) is 51.5 Å². The molecule has 4 heteroatoms. The normalized spacial score (nSPS) is 23.6. The van der Waals surface area contributed by atoms with Gasteiger partial charge >= 0.3 is 0 Å². The largest absolute Gasteiger partial charge is 0.489 e. The lowest BCUT2D eigenvalue weighted by Crippen LogP contribution is -2.30. The molecular weight excluding hydrogens is 257 g/mol. The quantitative estimate of drug-likeness (QED) is 0.505. The average molecular weight is 279 g/mol. The van der Waals surface area contributed by atoms with Gasteiger partial charge in [0.15, 0.2) is 0 Å². The number of hydrogen-bond acceptors (Lipinski definition) is 3. The van der Waals surface area contributed by atoms with Crippen LogP contribution < -0.4 is 4.74 Å². The molecule has 0 heterocycles. The number of ether oxygens (including phenoxy) is 1. The van der Waals surface area contributed by atoms with Gasteiger partial charge in [-0.3, -0.25) is 0 Å². The third-order valence-corrected chi connectivity index (χ3v) is 4.12. The molecule has 1 aromatic carbocycles. The van der Waals surface area contributed by atoms with Gasteiger partial charge in [0.2, 0.25) is 0 Å². The molecule has 1 N–H and O–H groups in total. The van der Waals surface area contributed by atoms with Crippen LogP contribution in [0.3, 0.4) is 0 Å². The summed E-state index contributed by atoms with van der Waals surface area (Å²) in [4.78, 5) is 0. The predicted octanol–water partition coefficient (Wildman–Crippen LogP) is 4.37. The van der Waals surface area contributed by atoms with Gasteiger partial charge in [-0.15, -0.1) is 0 Å². The molecule has 1 saturated carbocycles. The maximum atomic E-state index is 13.4. The van der Waals surface area contributed by atoms with Crippen LogP contribution in [-0.2, 0) is 0 Å². The molecule has 1 aliphatic rings. The Morgan fingerprint density at radius 3 is 2.85 bits per heavy atom. The summed E-state index contributed by atoms with van der Waals surface area (Å²) in [5.74, 6) is 0.797. The van der Waals surface area contributed by atoms with Crippen molar-refractivity contribution in [3.63, 3.8) is 0 Å². The summed E-state index contributed by atoms with van der Waals surface area (Å²) >= 11 is 0. The van der Waals surface area contributed by atoms with E-state index in [4.69, 9.17) is 9.94 Å². The van der Waals surface area contributed by atoms with Crippen molar-refractivity contribution in [2.45, 2.75) is 52.1 Å². The SMILES string of the molecule is CCC1CCCCC1Oc1ccc(F)cc1/C(C)=N/O. The zero-order valence-electron chi connectivity index (χ0n) is 12.1. The monoisotopic (exact) mass is 279 g/mol. The van der Waals surface area contributed by atoms with Gasteiger partial charge in [-0.25, -0.2) is 4.39 Å². The van der Waals surface area contributed by atoms with Crippen molar-refractivity contribution in [2.24, 2.45) is 11.1 Å². The zero-order valence-corrected chi connectivity index (χ0v) is 12.1. The maximum Gasteiger partial charge on any atom is 0.129 e. The first-order valence-electron chi connectivity index (χ1n) is 7.31. The highest BCUT2D eigenvalue weighted by molar-refractivity contribution is 6.00. The summed E-state index contributed by atoms with van der Waals surface area (Å²) < 4.78 is 19.5. The second kappa shape index (κ2) is 6.73. The molecule has 2 atom stereocenters. The van der Waals surface area contributed by atoms with Crippen molar-refractivity contribution >= 4 is 5.71 Å². The van der Waals surface area contributed by atoms with E-state index in [9.17, 15) is 4.39 Å². The maximum absolute atomic E-state index is 13.4. The van der Waals surface area contributed by atoms with E-state index < -0.39 is 0 Å². The van der Waals surface area contributed by atoms with Crippen LogP contribution in [0, 0.1) is 11.7 Å². The molecule has 110 valence electrons. The van der Waals surface area contributed by atoms with E-state index in [-0.39, 0.29) is 11.9 Å². The van der Waals surface area contributed by atoms with Crippen molar-refractivity contribution in [1.82, 2.24) is 0 Å². The molecule has 1 aliphatic carbocycles. The van der Waals surface area contributed by atoms with Gasteiger partial charge in [-0.1, -0.05) is 18.5 Å². The number of benzene rings is 1. The standard InChI is InChI=1S/C16H22FNO2/c1-3-12-6-4-5-7-15(12)20-16-9-8-13(17)10-14(16)11(2)18-19/h8-10,12,15,19H,3-7H2,1-2H3/b18-11+.